The highest BCUT2D eigenvalue weighted by Gasteiger charge is 2.20. The molecule has 1 N–H and O–H groups in total. The van der Waals surface area contributed by atoms with Crippen molar-refractivity contribution in [3.63, 3.8) is 0 Å². The molecule has 0 saturated carbocycles. The van der Waals surface area contributed by atoms with E-state index in [9.17, 15) is 19.1 Å². The molecule has 0 aliphatic rings. The number of aliphatic hydroxyl groups is 1. The Morgan fingerprint density at radius 2 is 1.97 bits per heavy atom. The first-order chi connectivity index (χ1) is 14.4. The van der Waals surface area contributed by atoms with Crippen LogP contribution in [0.1, 0.15) is 18.1 Å². The molecule has 0 aliphatic carbocycles. The van der Waals surface area contributed by atoms with Gasteiger partial charge in [0.15, 0.2) is 0 Å². The summed E-state index contributed by atoms with van der Waals surface area (Å²) in [7, 11) is 1.48. The summed E-state index contributed by atoms with van der Waals surface area (Å²) in [6.07, 6.45) is 2.39. The fraction of sp³-hybridized carbons (Fsp3) is 0.182. The van der Waals surface area contributed by atoms with Crippen molar-refractivity contribution in [2.45, 2.75) is 13.5 Å². The Morgan fingerprint density at radius 1 is 1.23 bits per heavy atom. The van der Waals surface area contributed by atoms with Crippen LogP contribution in [0.25, 0.3) is 16.7 Å². The summed E-state index contributed by atoms with van der Waals surface area (Å²) in [5.41, 5.74) is 1.47. The van der Waals surface area contributed by atoms with Gasteiger partial charge in [-0.15, -0.1) is 0 Å². The molecular formula is C22H19ClFNO5. The first kappa shape index (κ1) is 21.4. The Bertz CT molecular complexity index is 1150. The van der Waals surface area contributed by atoms with Gasteiger partial charge in [-0.1, -0.05) is 29.8 Å². The van der Waals surface area contributed by atoms with E-state index in [1.807, 2.05) is 0 Å². The largest absolute Gasteiger partial charge is 0.507 e. The zero-order valence-electron chi connectivity index (χ0n) is 16.3. The number of ether oxygens (including phenoxy) is 2. The minimum Gasteiger partial charge on any atom is -0.507 e. The number of aromatic nitrogens is 1. The zero-order chi connectivity index (χ0) is 21.8. The predicted molar refractivity (Wildman–Crippen MR) is 111 cm³/mol. The fourth-order valence-electron chi connectivity index (χ4n) is 3.13. The number of methoxy groups -OCH3 is 1. The number of benzene rings is 2. The minimum absolute atomic E-state index is 0.000971. The summed E-state index contributed by atoms with van der Waals surface area (Å²) in [5.74, 6) is -2.56. The van der Waals surface area contributed by atoms with Crippen molar-refractivity contribution in [1.82, 2.24) is 4.57 Å². The van der Waals surface area contributed by atoms with E-state index in [0.717, 1.165) is 6.08 Å². The predicted octanol–water partition coefficient (Wildman–Crippen LogP) is 4.52. The van der Waals surface area contributed by atoms with Crippen LogP contribution in [-0.2, 0) is 20.9 Å². The van der Waals surface area contributed by atoms with Crippen LogP contribution in [0.3, 0.4) is 0 Å². The van der Waals surface area contributed by atoms with Crippen molar-refractivity contribution in [2.75, 3.05) is 13.7 Å². The molecule has 156 valence electrons. The molecular weight excluding hydrogens is 413 g/mol. The number of carbonyl (C=O) groups excluding carboxylic acids is 2. The number of hydrogen-bond donors (Lipinski definition) is 1. The number of esters is 1. The van der Waals surface area contributed by atoms with Gasteiger partial charge in [-0.2, -0.15) is 0 Å². The Kier molecular flexibility index (Phi) is 6.42. The van der Waals surface area contributed by atoms with Gasteiger partial charge in [0.1, 0.15) is 17.3 Å². The third kappa shape index (κ3) is 4.16. The first-order valence-electron chi connectivity index (χ1n) is 9.08. The van der Waals surface area contributed by atoms with Crippen LogP contribution in [-0.4, -0.2) is 35.1 Å². The van der Waals surface area contributed by atoms with Crippen molar-refractivity contribution < 1.29 is 28.6 Å². The van der Waals surface area contributed by atoms with Crippen LogP contribution in [0, 0.1) is 5.82 Å². The van der Waals surface area contributed by atoms with Crippen LogP contribution < -0.4 is 4.74 Å². The van der Waals surface area contributed by atoms with Gasteiger partial charge < -0.3 is 19.1 Å². The number of aliphatic hydroxyl groups excluding tert-OH is 1. The first-order valence-corrected chi connectivity index (χ1v) is 9.46. The molecule has 0 atom stereocenters. The molecule has 1 heterocycles. The zero-order valence-corrected chi connectivity index (χ0v) is 17.1. The van der Waals surface area contributed by atoms with Crippen LogP contribution >= 0.6 is 11.6 Å². The molecule has 0 amide bonds. The summed E-state index contributed by atoms with van der Waals surface area (Å²) in [4.78, 5) is 23.6. The maximum absolute atomic E-state index is 13.8. The lowest BCUT2D eigenvalue weighted by Gasteiger charge is -2.09. The lowest BCUT2D eigenvalue weighted by molar-refractivity contribution is -0.151. The molecule has 6 nitrogen and oxygen atoms in total. The molecule has 0 fully saturated rings. The van der Waals surface area contributed by atoms with Crippen molar-refractivity contribution >= 4 is 40.0 Å². The SMILES string of the molecule is CCOC(=O)C(=O)/C=C(\O)c1cn(Cc2cccc(F)c2Cl)c2cccc(OC)c12. The number of carbonyl (C=O) groups is 2. The van der Waals surface area contributed by atoms with Crippen molar-refractivity contribution in [3.8, 4) is 5.75 Å². The van der Waals surface area contributed by atoms with Crippen LogP contribution in [0.4, 0.5) is 4.39 Å². The van der Waals surface area contributed by atoms with Gasteiger partial charge in [-0.25, -0.2) is 9.18 Å². The summed E-state index contributed by atoms with van der Waals surface area (Å²) >= 11 is 6.09. The van der Waals surface area contributed by atoms with Gasteiger partial charge in [-0.3, -0.25) is 4.79 Å². The van der Waals surface area contributed by atoms with Gasteiger partial charge in [0.25, 0.3) is 5.78 Å². The molecule has 0 bridgehead atoms. The Balaban J connectivity index is 2.12. The second-order valence-electron chi connectivity index (χ2n) is 6.35. The van der Waals surface area contributed by atoms with E-state index in [4.69, 9.17) is 16.3 Å². The maximum atomic E-state index is 13.8. The summed E-state index contributed by atoms with van der Waals surface area (Å²) < 4.78 is 25.6. The minimum atomic E-state index is -1.06. The van der Waals surface area contributed by atoms with E-state index in [-0.39, 0.29) is 23.7 Å². The van der Waals surface area contributed by atoms with Gasteiger partial charge in [0.2, 0.25) is 0 Å². The number of hydrogen-bond acceptors (Lipinski definition) is 5. The molecule has 1 aromatic heterocycles. The number of fused-ring (bicyclic) bond motifs is 1. The summed E-state index contributed by atoms with van der Waals surface area (Å²) in [6.45, 7) is 1.82. The standard InChI is InChI=1S/C22H19ClFNO5/c1-3-30-22(28)18(27)10-17(26)14-12-25(11-13-6-4-7-15(24)21(13)23)16-8-5-9-19(29-2)20(14)16/h4-10,12,26H,3,11H2,1-2H3/b17-10-. The van der Waals surface area contributed by atoms with Gasteiger partial charge in [0.05, 0.1) is 29.6 Å². The number of nitrogens with zero attached hydrogens (tertiary/aromatic N) is 1. The summed E-state index contributed by atoms with van der Waals surface area (Å²) in [6, 6.07) is 9.76. The average molecular weight is 432 g/mol. The molecule has 0 radical (unpaired) electrons. The van der Waals surface area contributed by atoms with Crippen LogP contribution in [0.2, 0.25) is 5.02 Å². The van der Waals surface area contributed by atoms with E-state index in [0.29, 0.717) is 22.2 Å². The molecule has 0 unspecified atom stereocenters. The molecule has 3 rings (SSSR count). The highest BCUT2D eigenvalue weighted by Crippen LogP contribution is 2.35. The van der Waals surface area contributed by atoms with E-state index in [2.05, 4.69) is 4.74 Å². The van der Waals surface area contributed by atoms with E-state index in [1.165, 1.54) is 13.2 Å². The normalized spacial score (nSPS) is 11.5. The molecule has 8 heteroatoms. The Labute approximate surface area is 177 Å². The second-order valence-corrected chi connectivity index (χ2v) is 6.73. The molecule has 30 heavy (non-hydrogen) atoms. The molecule has 2 aromatic carbocycles. The van der Waals surface area contributed by atoms with E-state index >= 15 is 0 Å². The van der Waals surface area contributed by atoms with Gasteiger partial charge in [-0.05, 0) is 30.7 Å². The number of ketones is 1. The van der Waals surface area contributed by atoms with E-state index < -0.39 is 23.3 Å². The highest BCUT2D eigenvalue weighted by molar-refractivity contribution is 6.39. The van der Waals surface area contributed by atoms with E-state index in [1.54, 1.807) is 48.0 Å². The van der Waals surface area contributed by atoms with Crippen LogP contribution in [0.15, 0.2) is 48.7 Å². The molecule has 0 aliphatic heterocycles. The number of halogens is 2. The quantitative estimate of drug-likeness (QED) is 0.257. The monoisotopic (exact) mass is 431 g/mol. The van der Waals surface area contributed by atoms with Gasteiger partial charge in [0, 0.05) is 24.4 Å². The molecule has 0 saturated heterocycles. The van der Waals surface area contributed by atoms with Crippen molar-refractivity contribution in [3.05, 3.63) is 70.6 Å². The molecule has 3 aromatic rings. The van der Waals surface area contributed by atoms with Gasteiger partial charge >= 0.3 is 5.97 Å². The fourth-order valence-corrected chi connectivity index (χ4v) is 3.32. The highest BCUT2D eigenvalue weighted by atomic mass is 35.5. The Hall–Kier alpha value is -3.32. The maximum Gasteiger partial charge on any atom is 0.379 e. The van der Waals surface area contributed by atoms with Crippen molar-refractivity contribution in [2.24, 2.45) is 0 Å². The third-order valence-corrected chi connectivity index (χ3v) is 4.90. The summed E-state index contributed by atoms with van der Waals surface area (Å²) in [5, 5.41) is 11.1. The number of rotatable bonds is 7. The van der Waals surface area contributed by atoms with Crippen molar-refractivity contribution in [1.29, 1.82) is 0 Å². The third-order valence-electron chi connectivity index (χ3n) is 4.48. The topological polar surface area (TPSA) is 77.8 Å². The lowest BCUT2D eigenvalue weighted by atomic mass is 10.1. The average Bonchev–Trinajstić information content (AvgIpc) is 3.10. The Morgan fingerprint density at radius 3 is 2.67 bits per heavy atom. The molecule has 0 spiro atoms. The smallest absolute Gasteiger partial charge is 0.379 e. The second kappa shape index (κ2) is 9.00. The van der Waals surface area contributed by atoms with Crippen LogP contribution in [0.5, 0.6) is 5.75 Å². The lowest BCUT2D eigenvalue weighted by Crippen LogP contribution is -2.15.